The Labute approximate surface area is 134 Å². The second-order valence-electron chi connectivity index (χ2n) is 8.69. The van der Waals surface area contributed by atoms with E-state index >= 15 is 0 Å². The third-order valence-electron chi connectivity index (χ3n) is 6.08. The monoisotopic (exact) mass is 299 g/mol. The maximum atomic E-state index is 12.9. The van der Waals surface area contributed by atoms with Crippen molar-refractivity contribution in [2.75, 3.05) is 0 Å². The van der Waals surface area contributed by atoms with Crippen LogP contribution in [0.2, 0.25) is 0 Å². The first-order valence-electron chi connectivity index (χ1n) is 8.64. The molecular weight excluding hydrogens is 270 g/mol. The van der Waals surface area contributed by atoms with E-state index in [1.54, 1.807) is 0 Å². The summed E-state index contributed by atoms with van der Waals surface area (Å²) in [7, 11) is 0. The maximum Gasteiger partial charge on any atom is 0.143 e. The summed E-state index contributed by atoms with van der Waals surface area (Å²) in [6.45, 7) is 6.65. The smallest absolute Gasteiger partial charge is 0.143 e. The van der Waals surface area contributed by atoms with Gasteiger partial charge in [-0.2, -0.15) is 0 Å². The summed E-state index contributed by atoms with van der Waals surface area (Å²) >= 11 is 0. The largest absolute Gasteiger partial charge is 0.325 e. The van der Waals surface area contributed by atoms with E-state index in [0.29, 0.717) is 12.2 Å². The van der Waals surface area contributed by atoms with Crippen LogP contribution < -0.4 is 5.73 Å². The van der Waals surface area contributed by atoms with Crippen LogP contribution >= 0.6 is 0 Å². The molecule has 0 unspecified atom stereocenters. The molecule has 0 amide bonds. The molecule has 0 aliphatic heterocycles. The van der Waals surface area contributed by atoms with E-state index in [-0.39, 0.29) is 16.4 Å². The van der Waals surface area contributed by atoms with Gasteiger partial charge in [0, 0.05) is 17.4 Å². The van der Waals surface area contributed by atoms with Crippen LogP contribution in [0.3, 0.4) is 0 Å². The van der Waals surface area contributed by atoms with E-state index in [2.05, 4.69) is 45.0 Å². The van der Waals surface area contributed by atoms with Crippen molar-refractivity contribution in [1.82, 2.24) is 0 Å². The predicted molar refractivity (Wildman–Crippen MR) is 90.9 cm³/mol. The van der Waals surface area contributed by atoms with E-state index in [0.717, 1.165) is 44.1 Å². The lowest BCUT2D eigenvalue weighted by Crippen LogP contribution is -2.54. The Kier molecular flexibility index (Phi) is 3.71. The molecule has 22 heavy (non-hydrogen) atoms. The van der Waals surface area contributed by atoms with Crippen LogP contribution in [-0.4, -0.2) is 11.3 Å². The molecule has 4 rings (SSSR count). The maximum absolute atomic E-state index is 12.9. The molecule has 1 aromatic rings. The van der Waals surface area contributed by atoms with Crippen molar-refractivity contribution in [3.63, 3.8) is 0 Å². The van der Waals surface area contributed by atoms with Gasteiger partial charge in [-0.1, -0.05) is 45.0 Å². The standard InChI is InChI=1S/C20H29NO/c1-18(2,3)16-6-4-15(5-7-16)14-17(22)19-8-11-20(21,12-9-19)13-10-19/h4-7H,8-14,21H2,1-3H3. The first-order valence-corrected chi connectivity index (χ1v) is 8.64. The van der Waals surface area contributed by atoms with Crippen molar-refractivity contribution >= 4 is 5.78 Å². The van der Waals surface area contributed by atoms with Crippen molar-refractivity contribution in [1.29, 1.82) is 0 Å². The highest BCUT2D eigenvalue weighted by molar-refractivity contribution is 5.87. The third kappa shape index (κ3) is 2.86. The second kappa shape index (κ2) is 5.19. The zero-order valence-corrected chi connectivity index (χ0v) is 14.2. The van der Waals surface area contributed by atoms with Crippen molar-refractivity contribution in [2.45, 2.75) is 76.7 Å². The molecule has 0 spiro atoms. The molecule has 2 N–H and O–H groups in total. The summed E-state index contributed by atoms with van der Waals surface area (Å²) in [5.41, 5.74) is 8.97. The topological polar surface area (TPSA) is 43.1 Å². The molecule has 3 aliphatic rings. The molecule has 3 fully saturated rings. The first kappa shape index (κ1) is 15.7. The van der Waals surface area contributed by atoms with Crippen LogP contribution in [0.5, 0.6) is 0 Å². The Hall–Kier alpha value is -1.15. The Morgan fingerprint density at radius 1 is 1.00 bits per heavy atom. The van der Waals surface area contributed by atoms with E-state index in [1.807, 2.05) is 0 Å². The van der Waals surface area contributed by atoms with Gasteiger partial charge in [0.15, 0.2) is 0 Å². The second-order valence-corrected chi connectivity index (χ2v) is 8.69. The average Bonchev–Trinajstić information content (AvgIpc) is 2.48. The Morgan fingerprint density at radius 2 is 1.50 bits per heavy atom. The Bertz CT molecular complexity index is 540. The normalized spacial score (nSPS) is 31.3. The zero-order valence-electron chi connectivity index (χ0n) is 14.2. The van der Waals surface area contributed by atoms with Gasteiger partial charge in [-0.25, -0.2) is 0 Å². The number of carbonyl (C=O) groups excluding carboxylic acids is 1. The van der Waals surface area contributed by atoms with Gasteiger partial charge < -0.3 is 5.73 Å². The highest BCUT2D eigenvalue weighted by Crippen LogP contribution is 2.52. The van der Waals surface area contributed by atoms with Crippen molar-refractivity contribution in [2.24, 2.45) is 11.1 Å². The van der Waals surface area contributed by atoms with Gasteiger partial charge in [0.25, 0.3) is 0 Å². The summed E-state index contributed by atoms with van der Waals surface area (Å²) in [5.74, 6) is 0.442. The van der Waals surface area contributed by atoms with Gasteiger partial charge in [0.05, 0.1) is 0 Å². The Balaban J connectivity index is 1.70. The number of hydrogen-bond acceptors (Lipinski definition) is 2. The van der Waals surface area contributed by atoms with Gasteiger partial charge in [-0.05, 0) is 55.1 Å². The van der Waals surface area contributed by atoms with E-state index in [1.165, 1.54) is 5.56 Å². The van der Waals surface area contributed by atoms with Crippen LogP contribution in [0.15, 0.2) is 24.3 Å². The lowest BCUT2D eigenvalue weighted by Gasteiger charge is -2.51. The minimum Gasteiger partial charge on any atom is -0.325 e. The van der Waals surface area contributed by atoms with E-state index < -0.39 is 0 Å². The van der Waals surface area contributed by atoms with Gasteiger partial charge in [-0.15, -0.1) is 0 Å². The molecule has 2 nitrogen and oxygen atoms in total. The summed E-state index contributed by atoms with van der Waals surface area (Å²) in [6, 6.07) is 8.61. The molecule has 2 bridgehead atoms. The fraction of sp³-hybridized carbons (Fsp3) is 0.650. The highest BCUT2D eigenvalue weighted by atomic mass is 16.1. The SMILES string of the molecule is CC(C)(C)c1ccc(CC(=O)C23CCC(N)(CC2)CC3)cc1. The molecule has 2 heteroatoms. The zero-order chi connectivity index (χ0) is 16.0. The summed E-state index contributed by atoms with van der Waals surface area (Å²) in [5, 5.41) is 0. The van der Waals surface area contributed by atoms with Crippen molar-refractivity contribution < 1.29 is 4.79 Å². The minimum atomic E-state index is -0.0657. The van der Waals surface area contributed by atoms with Gasteiger partial charge in [0.1, 0.15) is 5.78 Å². The van der Waals surface area contributed by atoms with Crippen molar-refractivity contribution in [3.8, 4) is 0 Å². The van der Waals surface area contributed by atoms with Gasteiger partial charge in [0.2, 0.25) is 0 Å². The summed E-state index contributed by atoms with van der Waals surface area (Å²) in [6.07, 6.45) is 6.68. The summed E-state index contributed by atoms with van der Waals surface area (Å²) < 4.78 is 0. The molecule has 3 aliphatic carbocycles. The van der Waals surface area contributed by atoms with Crippen LogP contribution in [0.4, 0.5) is 0 Å². The molecule has 3 saturated carbocycles. The van der Waals surface area contributed by atoms with Crippen molar-refractivity contribution in [3.05, 3.63) is 35.4 Å². The number of fused-ring (bicyclic) bond motifs is 3. The molecule has 0 atom stereocenters. The minimum absolute atomic E-state index is 0.0381. The van der Waals surface area contributed by atoms with Gasteiger partial charge >= 0.3 is 0 Å². The molecule has 0 radical (unpaired) electrons. The van der Waals surface area contributed by atoms with E-state index in [9.17, 15) is 4.79 Å². The average molecular weight is 299 g/mol. The Morgan fingerprint density at radius 3 is 1.95 bits per heavy atom. The molecule has 0 saturated heterocycles. The highest BCUT2D eigenvalue weighted by Gasteiger charge is 2.50. The molecule has 0 heterocycles. The number of nitrogens with two attached hydrogens (primary N) is 1. The number of carbonyl (C=O) groups is 1. The lowest BCUT2D eigenvalue weighted by atomic mass is 9.55. The number of benzene rings is 1. The van der Waals surface area contributed by atoms with Crippen LogP contribution in [-0.2, 0) is 16.6 Å². The first-order chi connectivity index (χ1) is 10.2. The number of Topliss-reactive ketones (excluding diaryl/α,β-unsaturated/α-hetero) is 1. The molecular formula is C20H29NO. The van der Waals surface area contributed by atoms with Crippen LogP contribution in [0.1, 0.15) is 70.4 Å². The molecule has 0 aromatic heterocycles. The fourth-order valence-corrected chi connectivity index (χ4v) is 4.13. The third-order valence-corrected chi connectivity index (χ3v) is 6.08. The van der Waals surface area contributed by atoms with E-state index in [4.69, 9.17) is 5.73 Å². The van der Waals surface area contributed by atoms with Crippen LogP contribution in [0.25, 0.3) is 0 Å². The molecule has 120 valence electrons. The number of hydrogen-bond donors (Lipinski definition) is 1. The summed E-state index contributed by atoms with van der Waals surface area (Å²) in [4.78, 5) is 12.9. The predicted octanol–water partition coefficient (Wildman–Crippen LogP) is 4.15. The quantitative estimate of drug-likeness (QED) is 0.911. The lowest BCUT2D eigenvalue weighted by molar-refractivity contribution is -0.134. The number of ketones is 1. The van der Waals surface area contributed by atoms with Gasteiger partial charge in [-0.3, -0.25) is 4.79 Å². The van der Waals surface area contributed by atoms with Crippen LogP contribution in [0, 0.1) is 5.41 Å². The number of rotatable bonds is 3. The fourth-order valence-electron chi connectivity index (χ4n) is 4.13. The molecule has 1 aromatic carbocycles.